The van der Waals surface area contributed by atoms with Gasteiger partial charge in [0.15, 0.2) is 5.65 Å². The van der Waals surface area contributed by atoms with Crippen molar-refractivity contribution < 1.29 is 0 Å². The Labute approximate surface area is 198 Å². The van der Waals surface area contributed by atoms with Crippen molar-refractivity contribution in [2.24, 2.45) is 0 Å². The predicted octanol–water partition coefficient (Wildman–Crippen LogP) is 5.42. The van der Waals surface area contributed by atoms with Crippen LogP contribution in [-0.2, 0) is 19.6 Å². The van der Waals surface area contributed by atoms with E-state index in [2.05, 4.69) is 57.4 Å². The van der Waals surface area contributed by atoms with Crippen LogP contribution >= 0.6 is 22.9 Å². The third-order valence-electron chi connectivity index (χ3n) is 6.27. The lowest BCUT2D eigenvalue weighted by Crippen LogP contribution is -2.34. The zero-order valence-corrected chi connectivity index (χ0v) is 19.9. The van der Waals surface area contributed by atoms with Crippen molar-refractivity contribution >= 4 is 28.6 Å². The van der Waals surface area contributed by atoms with Crippen LogP contribution in [0.2, 0.25) is 5.02 Å². The van der Waals surface area contributed by atoms with Crippen LogP contribution in [0.5, 0.6) is 0 Å². The molecule has 7 heteroatoms. The number of nitrogens with zero attached hydrogens (tertiary/aromatic N) is 4. The van der Waals surface area contributed by atoms with Gasteiger partial charge in [-0.15, -0.1) is 11.3 Å². The molecule has 0 radical (unpaired) electrons. The van der Waals surface area contributed by atoms with Gasteiger partial charge in [-0.1, -0.05) is 29.8 Å². The van der Waals surface area contributed by atoms with E-state index in [1.165, 1.54) is 34.5 Å². The number of aromatic nitrogens is 3. The Bertz CT molecular complexity index is 1170. The van der Waals surface area contributed by atoms with Gasteiger partial charge in [0.2, 0.25) is 0 Å². The van der Waals surface area contributed by atoms with E-state index in [-0.39, 0.29) is 0 Å². The fourth-order valence-corrected chi connectivity index (χ4v) is 5.44. The Morgan fingerprint density at radius 2 is 2.03 bits per heavy atom. The van der Waals surface area contributed by atoms with Crippen molar-refractivity contribution in [3.8, 4) is 0 Å². The van der Waals surface area contributed by atoms with Crippen LogP contribution in [0.1, 0.15) is 46.2 Å². The van der Waals surface area contributed by atoms with Crippen molar-refractivity contribution in [3.05, 3.63) is 86.5 Å². The van der Waals surface area contributed by atoms with Gasteiger partial charge in [-0.3, -0.25) is 4.90 Å². The first kappa shape index (κ1) is 21.6. The molecule has 1 aliphatic rings. The molecule has 4 heterocycles. The van der Waals surface area contributed by atoms with Gasteiger partial charge in [0.25, 0.3) is 0 Å². The van der Waals surface area contributed by atoms with Crippen molar-refractivity contribution in [2.75, 3.05) is 13.1 Å². The zero-order valence-electron chi connectivity index (χ0n) is 18.3. The Morgan fingerprint density at radius 3 is 2.84 bits per heavy atom. The summed E-state index contributed by atoms with van der Waals surface area (Å²) in [5.41, 5.74) is 5.80. The van der Waals surface area contributed by atoms with E-state index in [1.54, 1.807) is 11.3 Å². The summed E-state index contributed by atoms with van der Waals surface area (Å²) in [5.74, 6) is 0.452. The summed E-state index contributed by atoms with van der Waals surface area (Å²) in [6.45, 7) is 6.86. The van der Waals surface area contributed by atoms with E-state index in [0.29, 0.717) is 5.92 Å². The molecule has 5 nitrogen and oxygen atoms in total. The highest BCUT2D eigenvalue weighted by Gasteiger charge is 2.25. The highest BCUT2D eigenvalue weighted by Crippen LogP contribution is 2.29. The molecule has 1 saturated heterocycles. The fraction of sp³-hybridized carbons (Fsp3) is 0.360. The number of rotatable bonds is 7. The molecule has 1 aromatic carbocycles. The topological polar surface area (TPSA) is 45.5 Å². The van der Waals surface area contributed by atoms with Crippen LogP contribution in [0, 0.1) is 6.92 Å². The van der Waals surface area contributed by atoms with Crippen LogP contribution in [0.4, 0.5) is 0 Å². The normalized spacial score (nSPS) is 17.2. The molecular weight excluding hydrogens is 438 g/mol. The lowest BCUT2D eigenvalue weighted by molar-refractivity contribution is 0.197. The quantitative estimate of drug-likeness (QED) is 0.395. The van der Waals surface area contributed by atoms with Crippen LogP contribution in [0.3, 0.4) is 0 Å². The minimum Gasteiger partial charge on any atom is -0.308 e. The Balaban J connectivity index is 1.32. The number of thiophene rings is 1. The maximum atomic E-state index is 6.05. The van der Waals surface area contributed by atoms with Gasteiger partial charge in [-0.2, -0.15) is 5.10 Å². The third-order valence-corrected chi connectivity index (χ3v) is 7.40. The SMILES string of the molecule is Cc1nn2c(C3CCCN(Cc4ccc(Cl)cc4)C3)ccnc2c1CNCc1cccs1. The minimum atomic E-state index is 0.452. The Kier molecular flexibility index (Phi) is 6.55. The van der Waals surface area contributed by atoms with E-state index in [4.69, 9.17) is 21.7 Å². The average molecular weight is 466 g/mol. The first-order valence-corrected chi connectivity index (χ1v) is 12.5. The molecule has 0 bridgehead atoms. The average Bonchev–Trinajstić information content (AvgIpc) is 3.43. The number of hydrogen-bond donors (Lipinski definition) is 1. The molecule has 1 fully saturated rings. The van der Waals surface area contributed by atoms with E-state index in [0.717, 1.165) is 49.1 Å². The molecule has 4 aromatic rings. The molecule has 0 saturated carbocycles. The molecule has 1 aliphatic heterocycles. The molecule has 5 rings (SSSR count). The van der Waals surface area contributed by atoms with Crippen LogP contribution in [-0.4, -0.2) is 32.6 Å². The lowest BCUT2D eigenvalue weighted by atomic mass is 9.94. The summed E-state index contributed by atoms with van der Waals surface area (Å²) in [4.78, 5) is 8.59. The molecule has 1 atom stereocenters. The fourth-order valence-electron chi connectivity index (χ4n) is 4.64. The summed E-state index contributed by atoms with van der Waals surface area (Å²) in [5, 5.41) is 11.4. The van der Waals surface area contributed by atoms with Gasteiger partial charge in [-0.25, -0.2) is 9.50 Å². The van der Waals surface area contributed by atoms with E-state index in [9.17, 15) is 0 Å². The first-order valence-electron chi connectivity index (χ1n) is 11.2. The second-order valence-electron chi connectivity index (χ2n) is 8.55. The van der Waals surface area contributed by atoms with Crippen LogP contribution in [0.15, 0.2) is 54.0 Å². The molecule has 0 aliphatic carbocycles. The highest BCUT2D eigenvalue weighted by molar-refractivity contribution is 7.09. The van der Waals surface area contributed by atoms with Gasteiger partial charge in [0, 0.05) is 53.8 Å². The number of likely N-dealkylation sites (tertiary alicyclic amines) is 1. The number of fused-ring (bicyclic) bond motifs is 1. The second-order valence-corrected chi connectivity index (χ2v) is 10.0. The predicted molar refractivity (Wildman–Crippen MR) is 131 cm³/mol. The number of halogens is 1. The zero-order chi connectivity index (χ0) is 21.9. The minimum absolute atomic E-state index is 0.452. The standard InChI is InChI=1S/C25H28ClN5S/c1-18-23(15-27-14-22-5-3-13-32-22)25-28-11-10-24(31(25)29-18)20-4-2-12-30(17-20)16-19-6-8-21(26)9-7-19/h3,5-11,13,20,27H,2,4,12,14-17H2,1H3. The summed E-state index contributed by atoms with van der Waals surface area (Å²) in [7, 11) is 0. The van der Waals surface area contributed by atoms with Gasteiger partial charge in [0.05, 0.1) is 11.4 Å². The smallest absolute Gasteiger partial charge is 0.159 e. The second kappa shape index (κ2) is 9.71. The monoisotopic (exact) mass is 465 g/mol. The van der Waals surface area contributed by atoms with E-state index in [1.807, 2.05) is 18.3 Å². The maximum Gasteiger partial charge on any atom is 0.159 e. The largest absolute Gasteiger partial charge is 0.308 e. The number of aryl methyl sites for hydroxylation is 1. The number of piperidine rings is 1. The number of nitrogens with one attached hydrogen (secondary N) is 1. The third kappa shape index (κ3) is 4.74. The molecular formula is C25H28ClN5S. The van der Waals surface area contributed by atoms with Crippen molar-refractivity contribution in [1.29, 1.82) is 0 Å². The summed E-state index contributed by atoms with van der Waals surface area (Å²) >= 11 is 7.83. The highest BCUT2D eigenvalue weighted by atomic mass is 35.5. The van der Waals surface area contributed by atoms with E-state index < -0.39 is 0 Å². The molecule has 3 aromatic heterocycles. The number of hydrogen-bond acceptors (Lipinski definition) is 5. The molecule has 0 amide bonds. The van der Waals surface area contributed by atoms with Crippen molar-refractivity contribution in [2.45, 2.75) is 45.3 Å². The van der Waals surface area contributed by atoms with Crippen molar-refractivity contribution in [1.82, 2.24) is 24.8 Å². The van der Waals surface area contributed by atoms with Gasteiger partial charge in [-0.05, 0) is 61.5 Å². The molecule has 32 heavy (non-hydrogen) atoms. The summed E-state index contributed by atoms with van der Waals surface area (Å²) in [6.07, 6.45) is 4.32. The summed E-state index contributed by atoms with van der Waals surface area (Å²) < 4.78 is 2.09. The van der Waals surface area contributed by atoms with Crippen LogP contribution in [0.25, 0.3) is 5.65 Å². The molecule has 1 N–H and O–H groups in total. The van der Waals surface area contributed by atoms with Gasteiger partial charge < -0.3 is 5.32 Å². The van der Waals surface area contributed by atoms with Crippen LogP contribution < -0.4 is 5.32 Å². The number of benzene rings is 1. The van der Waals surface area contributed by atoms with Gasteiger partial charge in [0.1, 0.15) is 0 Å². The Morgan fingerprint density at radius 1 is 1.16 bits per heavy atom. The van der Waals surface area contributed by atoms with Crippen molar-refractivity contribution in [3.63, 3.8) is 0 Å². The molecule has 1 unspecified atom stereocenters. The maximum absolute atomic E-state index is 6.05. The molecule has 166 valence electrons. The Hall–Kier alpha value is -2.25. The first-order chi connectivity index (χ1) is 15.7. The molecule has 0 spiro atoms. The lowest BCUT2D eigenvalue weighted by Gasteiger charge is -2.33. The van der Waals surface area contributed by atoms with E-state index >= 15 is 0 Å². The summed E-state index contributed by atoms with van der Waals surface area (Å²) in [6, 6.07) is 14.6. The van der Waals surface area contributed by atoms with Gasteiger partial charge >= 0.3 is 0 Å².